The van der Waals surface area contributed by atoms with Crippen LogP contribution < -0.4 is 0 Å². The Kier molecular flexibility index (Phi) is 4.08. The number of aliphatic hydroxyl groups excluding tert-OH is 1. The lowest BCUT2D eigenvalue weighted by Gasteiger charge is -1.95. The highest BCUT2D eigenvalue weighted by Crippen LogP contribution is 2.07. The number of hydrogen-bond acceptors (Lipinski definition) is 1. The van der Waals surface area contributed by atoms with E-state index in [2.05, 4.69) is 6.58 Å². The van der Waals surface area contributed by atoms with Gasteiger partial charge in [-0.1, -0.05) is 36.4 Å². The van der Waals surface area contributed by atoms with Gasteiger partial charge < -0.3 is 5.11 Å². The Morgan fingerprint density at radius 2 is 2.00 bits per heavy atom. The van der Waals surface area contributed by atoms with Gasteiger partial charge >= 0.3 is 0 Å². The molecule has 1 aromatic rings. The molecule has 1 rings (SSSR count). The fraction of sp³-hybridized carbons (Fsp3) is 0.167. The van der Waals surface area contributed by atoms with Gasteiger partial charge in [-0.25, -0.2) is 4.39 Å². The summed E-state index contributed by atoms with van der Waals surface area (Å²) in [6.45, 7) is 3.86. The minimum atomic E-state index is -0.240. The number of allylic oxidation sites excluding steroid dienone is 1. The highest BCUT2D eigenvalue weighted by molar-refractivity contribution is 5.52. The van der Waals surface area contributed by atoms with Crippen LogP contribution in [-0.4, -0.2) is 11.7 Å². The van der Waals surface area contributed by atoms with E-state index in [1.54, 1.807) is 12.1 Å². The SMILES string of the molecule is C=C(/C=C/c1ccc(F)cc1)CCO. The fourth-order valence-electron chi connectivity index (χ4n) is 1.01. The number of benzene rings is 1. The van der Waals surface area contributed by atoms with Crippen LogP contribution in [0.2, 0.25) is 0 Å². The first-order chi connectivity index (χ1) is 6.72. The second-order valence-electron chi connectivity index (χ2n) is 3.02. The molecule has 0 heterocycles. The third-order valence-electron chi connectivity index (χ3n) is 1.81. The molecule has 0 unspecified atom stereocenters. The lowest BCUT2D eigenvalue weighted by atomic mass is 10.1. The summed E-state index contributed by atoms with van der Waals surface area (Å²) in [6, 6.07) is 6.21. The Morgan fingerprint density at radius 3 is 2.57 bits per heavy atom. The lowest BCUT2D eigenvalue weighted by Crippen LogP contribution is -1.82. The zero-order valence-electron chi connectivity index (χ0n) is 7.91. The molecule has 14 heavy (non-hydrogen) atoms. The van der Waals surface area contributed by atoms with Gasteiger partial charge in [-0.15, -0.1) is 0 Å². The molecule has 1 nitrogen and oxygen atoms in total. The van der Waals surface area contributed by atoms with E-state index >= 15 is 0 Å². The van der Waals surface area contributed by atoms with Crippen LogP contribution in [-0.2, 0) is 0 Å². The Labute approximate surface area is 83.2 Å². The van der Waals surface area contributed by atoms with E-state index < -0.39 is 0 Å². The van der Waals surface area contributed by atoms with Gasteiger partial charge in [-0.2, -0.15) is 0 Å². The van der Waals surface area contributed by atoms with Crippen molar-refractivity contribution in [3.8, 4) is 0 Å². The van der Waals surface area contributed by atoms with Gasteiger partial charge in [0, 0.05) is 6.61 Å². The summed E-state index contributed by atoms with van der Waals surface area (Å²) >= 11 is 0. The summed E-state index contributed by atoms with van der Waals surface area (Å²) < 4.78 is 12.5. The quantitative estimate of drug-likeness (QED) is 0.727. The van der Waals surface area contributed by atoms with Crippen molar-refractivity contribution in [2.24, 2.45) is 0 Å². The summed E-state index contributed by atoms with van der Waals surface area (Å²) in [6.07, 6.45) is 4.23. The largest absolute Gasteiger partial charge is 0.396 e. The summed E-state index contributed by atoms with van der Waals surface area (Å²) in [5.74, 6) is -0.240. The van der Waals surface area contributed by atoms with E-state index in [1.165, 1.54) is 12.1 Å². The molecular weight excluding hydrogens is 179 g/mol. The normalized spacial score (nSPS) is 10.7. The maximum Gasteiger partial charge on any atom is 0.123 e. The number of rotatable bonds is 4. The minimum absolute atomic E-state index is 0.104. The van der Waals surface area contributed by atoms with Crippen molar-refractivity contribution >= 4 is 6.08 Å². The molecule has 0 fully saturated rings. The van der Waals surface area contributed by atoms with Crippen LogP contribution >= 0.6 is 0 Å². The van der Waals surface area contributed by atoms with E-state index in [-0.39, 0.29) is 12.4 Å². The first-order valence-electron chi connectivity index (χ1n) is 4.44. The van der Waals surface area contributed by atoms with Crippen molar-refractivity contribution in [2.75, 3.05) is 6.61 Å². The van der Waals surface area contributed by atoms with Gasteiger partial charge in [-0.05, 0) is 24.1 Å². The molecule has 0 spiro atoms. The van der Waals surface area contributed by atoms with Gasteiger partial charge in [0.15, 0.2) is 0 Å². The maximum atomic E-state index is 12.5. The smallest absolute Gasteiger partial charge is 0.123 e. The molecule has 0 aliphatic rings. The molecule has 0 aliphatic heterocycles. The molecule has 74 valence electrons. The molecule has 1 N–H and O–H groups in total. The minimum Gasteiger partial charge on any atom is -0.396 e. The van der Waals surface area contributed by atoms with Crippen LogP contribution in [0.3, 0.4) is 0 Å². The topological polar surface area (TPSA) is 20.2 Å². The summed E-state index contributed by atoms with van der Waals surface area (Å²) in [7, 11) is 0. The van der Waals surface area contributed by atoms with Crippen molar-refractivity contribution in [1.82, 2.24) is 0 Å². The third-order valence-corrected chi connectivity index (χ3v) is 1.81. The molecule has 0 saturated carbocycles. The summed E-state index contributed by atoms with van der Waals surface area (Å²) in [5.41, 5.74) is 1.78. The Bertz CT molecular complexity index is 325. The maximum absolute atomic E-state index is 12.5. The van der Waals surface area contributed by atoms with Crippen LogP contribution in [0.5, 0.6) is 0 Å². The summed E-state index contributed by atoms with van der Waals surface area (Å²) in [4.78, 5) is 0. The zero-order valence-corrected chi connectivity index (χ0v) is 7.91. The molecule has 0 aliphatic carbocycles. The van der Waals surface area contributed by atoms with Crippen LogP contribution in [0.15, 0.2) is 42.5 Å². The van der Waals surface area contributed by atoms with Gasteiger partial charge in [-0.3, -0.25) is 0 Å². The van der Waals surface area contributed by atoms with Gasteiger partial charge in [0.05, 0.1) is 0 Å². The predicted molar refractivity (Wildman–Crippen MR) is 56.3 cm³/mol. The molecule has 0 bridgehead atoms. The van der Waals surface area contributed by atoms with Crippen molar-refractivity contribution < 1.29 is 9.50 Å². The first kappa shape index (κ1) is 10.7. The molecular formula is C12H13FO. The van der Waals surface area contributed by atoms with Crippen molar-refractivity contribution in [3.05, 3.63) is 53.9 Å². The number of hydrogen-bond donors (Lipinski definition) is 1. The molecule has 2 heteroatoms. The Hall–Kier alpha value is -1.41. The van der Waals surface area contributed by atoms with Crippen molar-refractivity contribution in [3.63, 3.8) is 0 Å². The first-order valence-corrected chi connectivity index (χ1v) is 4.44. The number of aliphatic hydroxyl groups is 1. The lowest BCUT2D eigenvalue weighted by molar-refractivity contribution is 0.300. The standard InChI is InChI=1S/C12H13FO/c1-10(8-9-14)2-3-11-4-6-12(13)7-5-11/h2-7,14H,1,8-9H2/b3-2+. The Balaban J connectivity index is 2.60. The van der Waals surface area contributed by atoms with Crippen LogP contribution in [0, 0.1) is 5.82 Å². The zero-order chi connectivity index (χ0) is 10.4. The predicted octanol–water partition coefficient (Wildman–Crippen LogP) is 2.78. The van der Waals surface area contributed by atoms with Gasteiger partial charge in [0.1, 0.15) is 5.82 Å². The second kappa shape index (κ2) is 5.35. The van der Waals surface area contributed by atoms with E-state index in [0.29, 0.717) is 6.42 Å². The summed E-state index contributed by atoms with van der Waals surface area (Å²) in [5, 5.41) is 8.63. The molecule has 1 aromatic carbocycles. The third kappa shape index (κ3) is 3.54. The van der Waals surface area contributed by atoms with E-state index in [4.69, 9.17) is 5.11 Å². The average molecular weight is 192 g/mol. The monoisotopic (exact) mass is 192 g/mol. The van der Waals surface area contributed by atoms with Crippen LogP contribution in [0.25, 0.3) is 6.08 Å². The van der Waals surface area contributed by atoms with E-state index in [0.717, 1.165) is 11.1 Å². The number of halogens is 1. The average Bonchev–Trinajstić information content (AvgIpc) is 2.17. The molecule has 0 atom stereocenters. The van der Waals surface area contributed by atoms with Gasteiger partial charge in [0.2, 0.25) is 0 Å². The molecule has 0 saturated heterocycles. The van der Waals surface area contributed by atoms with E-state index in [9.17, 15) is 4.39 Å². The highest BCUT2D eigenvalue weighted by Gasteiger charge is 1.90. The van der Waals surface area contributed by atoms with Crippen LogP contribution in [0.1, 0.15) is 12.0 Å². The molecule has 0 radical (unpaired) electrons. The fourth-order valence-corrected chi connectivity index (χ4v) is 1.01. The molecule has 0 aromatic heterocycles. The van der Waals surface area contributed by atoms with Gasteiger partial charge in [0.25, 0.3) is 0 Å². The van der Waals surface area contributed by atoms with Crippen LogP contribution in [0.4, 0.5) is 4.39 Å². The molecule has 0 amide bonds. The van der Waals surface area contributed by atoms with E-state index in [1.807, 2.05) is 12.2 Å². The Morgan fingerprint density at radius 1 is 1.36 bits per heavy atom. The van der Waals surface area contributed by atoms with Crippen molar-refractivity contribution in [1.29, 1.82) is 0 Å². The second-order valence-corrected chi connectivity index (χ2v) is 3.02. The highest BCUT2D eigenvalue weighted by atomic mass is 19.1. The van der Waals surface area contributed by atoms with Crippen molar-refractivity contribution in [2.45, 2.75) is 6.42 Å².